The molecule has 5 unspecified atom stereocenters. The Labute approximate surface area is 134 Å². The zero-order valence-corrected chi connectivity index (χ0v) is 14.0. The van der Waals surface area contributed by atoms with E-state index in [0.29, 0.717) is 17.8 Å². The van der Waals surface area contributed by atoms with Crippen molar-refractivity contribution in [3.05, 3.63) is 23.3 Å². The summed E-state index contributed by atoms with van der Waals surface area (Å²) < 4.78 is 0. The molecule has 0 saturated heterocycles. The minimum absolute atomic E-state index is 0.114. The highest BCUT2D eigenvalue weighted by Crippen LogP contribution is 2.59. The second-order valence-electron chi connectivity index (χ2n) is 8.68. The van der Waals surface area contributed by atoms with Crippen molar-refractivity contribution in [3.63, 3.8) is 0 Å². The SMILES string of the molecule is CC1=CCC2C1(C)CC=C1CC3CC(O)CCC3CC[C@@]12O. The van der Waals surface area contributed by atoms with Crippen molar-refractivity contribution in [1.82, 2.24) is 0 Å². The van der Waals surface area contributed by atoms with E-state index in [1.165, 1.54) is 11.1 Å². The molecule has 122 valence electrons. The predicted octanol–water partition coefficient (Wildman–Crippen LogP) is 3.98. The van der Waals surface area contributed by atoms with Crippen LogP contribution in [0.5, 0.6) is 0 Å². The summed E-state index contributed by atoms with van der Waals surface area (Å²) in [7, 11) is 0. The Kier molecular flexibility index (Phi) is 3.36. The summed E-state index contributed by atoms with van der Waals surface area (Å²) in [6.45, 7) is 4.60. The zero-order valence-electron chi connectivity index (χ0n) is 14.0. The Hall–Kier alpha value is -0.600. The number of aliphatic hydroxyl groups excluding tert-OH is 1. The fraction of sp³-hybridized carbons (Fsp3) is 0.800. The molecule has 4 aliphatic carbocycles. The second kappa shape index (κ2) is 4.95. The quantitative estimate of drug-likeness (QED) is 0.664. The molecule has 22 heavy (non-hydrogen) atoms. The molecular formula is C20H30O2. The van der Waals surface area contributed by atoms with Gasteiger partial charge in [-0.05, 0) is 81.1 Å². The molecule has 0 aromatic rings. The van der Waals surface area contributed by atoms with Crippen LogP contribution in [0.3, 0.4) is 0 Å². The van der Waals surface area contributed by atoms with E-state index in [1.807, 2.05) is 0 Å². The number of allylic oxidation sites excluding steroid dienone is 3. The van der Waals surface area contributed by atoms with Crippen LogP contribution in [0.1, 0.15) is 65.2 Å². The Morgan fingerprint density at radius 1 is 1.14 bits per heavy atom. The van der Waals surface area contributed by atoms with E-state index in [0.717, 1.165) is 51.4 Å². The van der Waals surface area contributed by atoms with Crippen molar-refractivity contribution >= 4 is 0 Å². The van der Waals surface area contributed by atoms with Crippen molar-refractivity contribution in [2.45, 2.75) is 76.9 Å². The molecule has 0 bridgehead atoms. The monoisotopic (exact) mass is 302 g/mol. The van der Waals surface area contributed by atoms with Gasteiger partial charge in [0.15, 0.2) is 0 Å². The third kappa shape index (κ3) is 1.99. The molecule has 2 nitrogen and oxygen atoms in total. The van der Waals surface area contributed by atoms with Gasteiger partial charge in [0, 0.05) is 5.92 Å². The Morgan fingerprint density at radius 2 is 1.95 bits per heavy atom. The van der Waals surface area contributed by atoms with Gasteiger partial charge in [0.05, 0.1) is 11.7 Å². The maximum Gasteiger partial charge on any atom is 0.0896 e. The molecule has 2 heteroatoms. The van der Waals surface area contributed by atoms with Gasteiger partial charge in [-0.1, -0.05) is 24.6 Å². The van der Waals surface area contributed by atoms with Gasteiger partial charge in [0.25, 0.3) is 0 Å². The molecule has 4 aliphatic rings. The molecule has 0 aliphatic heterocycles. The molecule has 0 amide bonds. The summed E-state index contributed by atoms with van der Waals surface area (Å²) in [6, 6.07) is 0. The van der Waals surface area contributed by atoms with Gasteiger partial charge >= 0.3 is 0 Å². The van der Waals surface area contributed by atoms with Gasteiger partial charge < -0.3 is 10.2 Å². The largest absolute Gasteiger partial charge is 0.393 e. The topological polar surface area (TPSA) is 40.5 Å². The average molecular weight is 302 g/mol. The lowest BCUT2D eigenvalue weighted by atomic mass is 9.59. The maximum absolute atomic E-state index is 11.7. The predicted molar refractivity (Wildman–Crippen MR) is 88.3 cm³/mol. The molecule has 0 spiro atoms. The zero-order chi connectivity index (χ0) is 15.5. The van der Waals surface area contributed by atoms with E-state index in [1.54, 1.807) is 0 Å². The van der Waals surface area contributed by atoms with Crippen LogP contribution in [0.15, 0.2) is 23.3 Å². The third-order valence-electron chi connectivity index (χ3n) is 7.73. The fourth-order valence-corrected chi connectivity index (χ4v) is 6.04. The Balaban J connectivity index is 1.67. The summed E-state index contributed by atoms with van der Waals surface area (Å²) in [6.07, 6.45) is 12.9. The highest BCUT2D eigenvalue weighted by Gasteiger charge is 2.55. The van der Waals surface area contributed by atoms with Crippen LogP contribution in [-0.4, -0.2) is 21.9 Å². The smallest absolute Gasteiger partial charge is 0.0896 e. The molecule has 0 radical (unpaired) electrons. The first-order chi connectivity index (χ1) is 10.4. The number of rotatable bonds is 0. The Bertz CT molecular complexity index is 534. The second-order valence-corrected chi connectivity index (χ2v) is 8.68. The molecule has 0 heterocycles. The average Bonchev–Trinajstić information content (AvgIpc) is 2.70. The minimum Gasteiger partial charge on any atom is -0.393 e. The van der Waals surface area contributed by atoms with E-state index < -0.39 is 5.60 Å². The van der Waals surface area contributed by atoms with Crippen molar-refractivity contribution in [2.24, 2.45) is 23.2 Å². The van der Waals surface area contributed by atoms with Crippen LogP contribution in [-0.2, 0) is 0 Å². The summed E-state index contributed by atoms with van der Waals surface area (Å²) in [4.78, 5) is 0. The van der Waals surface area contributed by atoms with Crippen LogP contribution in [0.2, 0.25) is 0 Å². The summed E-state index contributed by atoms with van der Waals surface area (Å²) in [5.41, 5.74) is 2.34. The lowest BCUT2D eigenvalue weighted by molar-refractivity contribution is -0.0407. The van der Waals surface area contributed by atoms with Gasteiger partial charge in [-0.25, -0.2) is 0 Å². The summed E-state index contributed by atoms with van der Waals surface area (Å²) in [5.74, 6) is 1.66. The molecule has 4 rings (SSSR count). The van der Waals surface area contributed by atoms with Crippen molar-refractivity contribution < 1.29 is 10.2 Å². The van der Waals surface area contributed by atoms with Crippen LogP contribution >= 0.6 is 0 Å². The number of hydrogen-bond acceptors (Lipinski definition) is 2. The van der Waals surface area contributed by atoms with Crippen LogP contribution in [0, 0.1) is 23.2 Å². The van der Waals surface area contributed by atoms with Gasteiger partial charge in [-0.3, -0.25) is 0 Å². The fourth-order valence-electron chi connectivity index (χ4n) is 6.04. The molecular weight excluding hydrogens is 272 g/mol. The summed E-state index contributed by atoms with van der Waals surface area (Å²) >= 11 is 0. The third-order valence-corrected chi connectivity index (χ3v) is 7.73. The normalized spacial score (nSPS) is 51.1. The van der Waals surface area contributed by atoms with Gasteiger partial charge in [-0.15, -0.1) is 0 Å². The van der Waals surface area contributed by atoms with Gasteiger partial charge in [-0.2, -0.15) is 0 Å². The van der Waals surface area contributed by atoms with E-state index in [2.05, 4.69) is 26.0 Å². The lowest BCUT2D eigenvalue weighted by Gasteiger charge is -2.49. The summed E-state index contributed by atoms with van der Waals surface area (Å²) in [5, 5.41) is 21.7. The molecule has 2 fully saturated rings. The lowest BCUT2D eigenvalue weighted by Crippen LogP contribution is -2.48. The number of aliphatic hydroxyl groups is 2. The highest BCUT2D eigenvalue weighted by molar-refractivity contribution is 5.35. The molecule has 2 saturated carbocycles. The van der Waals surface area contributed by atoms with Crippen LogP contribution in [0.25, 0.3) is 0 Å². The minimum atomic E-state index is -0.594. The standard InChI is InChI=1S/C20H30O2/c1-13-3-6-18-19(13,2)9-8-16-11-15-12-17(21)5-4-14(15)7-10-20(16,18)22/h3,8,14-15,17-18,21-22H,4-7,9-12H2,1-2H3/t14?,15?,17?,18?,19?,20-/m1/s1. The van der Waals surface area contributed by atoms with Crippen LogP contribution in [0.4, 0.5) is 0 Å². The van der Waals surface area contributed by atoms with E-state index in [9.17, 15) is 10.2 Å². The Morgan fingerprint density at radius 3 is 2.77 bits per heavy atom. The molecule has 0 aromatic carbocycles. The molecule has 0 aromatic heterocycles. The van der Waals surface area contributed by atoms with Gasteiger partial charge in [0.2, 0.25) is 0 Å². The molecule has 6 atom stereocenters. The van der Waals surface area contributed by atoms with E-state index in [4.69, 9.17) is 0 Å². The molecule has 2 N–H and O–H groups in total. The van der Waals surface area contributed by atoms with E-state index in [-0.39, 0.29) is 11.5 Å². The van der Waals surface area contributed by atoms with Crippen molar-refractivity contribution in [2.75, 3.05) is 0 Å². The number of fused-ring (bicyclic) bond motifs is 4. The first kappa shape index (κ1) is 15.0. The maximum atomic E-state index is 11.7. The number of hydrogen-bond donors (Lipinski definition) is 2. The van der Waals surface area contributed by atoms with Crippen LogP contribution < -0.4 is 0 Å². The van der Waals surface area contributed by atoms with Gasteiger partial charge in [0.1, 0.15) is 0 Å². The van der Waals surface area contributed by atoms with E-state index >= 15 is 0 Å². The van der Waals surface area contributed by atoms with Crippen molar-refractivity contribution in [3.8, 4) is 0 Å². The first-order valence-corrected chi connectivity index (χ1v) is 9.20. The highest BCUT2D eigenvalue weighted by atomic mass is 16.3. The van der Waals surface area contributed by atoms with Crippen molar-refractivity contribution in [1.29, 1.82) is 0 Å². The first-order valence-electron chi connectivity index (χ1n) is 9.20.